The number of hydrogen-bond donors (Lipinski definition) is 1. The third-order valence-corrected chi connectivity index (χ3v) is 5.15. The number of sulfonamides is 1. The molecule has 1 atom stereocenters. The molecule has 2 aromatic carbocycles. The van der Waals surface area contributed by atoms with Crippen molar-refractivity contribution >= 4 is 26.7 Å². The maximum absolute atomic E-state index is 12.9. The molecule has 1 amide bonds. The minimum Gasteiger partial charge on any atom is -0.338 e. The van der Waals surface area contributed by atoms with E-state index >= 15 is 0 Å². The first kappa shape index (κ1) is 16.9. The number of piperidine rings is 1. The molecule has 0 bridgehead atoms. The predicted octanol–water partition coefficient (Wildman–Crippen LogP) is 2.24. The number of amides is 1. The van der Waals surface area contributed by atoms with Gasteiger partial charge >= 0.3 is 0 Å². The lowest BCUT2D eigenvalue weighted by molar-refractivity contribution is 0.0678. The van der Waals surface area contributed by atoms with Crippen LogP contribution >= 0.6 is 0 Å². The fourth-order valence-corrected chi connectivity index (χ4v) is 3.81. The van der Waals surface area contributed by atoms with Crippen molar-refractivity contribution in [1.82, 2.24) is 9.62 Å². The van der Waals surface area contributed by atoms with Crippen LogP contribution in [0.15, 0.2) is 42.5 Å². The van der Waals surface area contributed by atoms with Gasteiger partial charge < -0.3 is 4.90 Å². The van der Waals surface area contributed by atoms with Crippen LogP contribution in [0, 0.1) is 5.92 Å². The van der Waals surface area contributed by atoms with E-state index in [1.165, 1.54) is 0 Å². The quantitative estimate of drug-likeness (QED) is 0.923. The number of nitrogens with zero attached hydrogens (tertiary/aromatic N) is 1. The molecule has 1 saturated heterocycles. The van der Waals surface area contributed by atoms with Gasteiger partial charge in [0, 0.05) is 25.2 Å². The summed E-state index contributed by atoms with van der Waals surface area (Å²) in [6.45, 7) is 1.69. The lowest BCUT2D eigenvalue weighted by Crippen LogP contribution is -2.43. The average Bonchev–Trinajstić information content (AvgIpc) is 2.58. The predicted molar refractivity (Wildman–Crippen MR) is 95.4 cm³/mol. The fraction of sp³-hybridized carbons (Fsp3) is 0.389. The molecule has 1 aliphatic rings. The molecule has 2 aromatic rings. The van der Waals surface area contributed by atoms with Crippen LogP contribution < -0.4 is 4.72 Å². The summed E-state index contributed by atoms with van der Waals surface area (Å²) in [7, 11) is -3.20. The Morgan fingerprint density at radius 1 is 1.21 bits per heavy atom. The van der Waals surface area contributed by atoms with E-state index in [1.54, 1.807) is 0 Å². The van der Waals surface area contributed by atoms with Gasteiger partial charge in [-0.1, -0.05) is 36.4 Å². The smallest absolute Gasteiger partial charge is 0.254 e. The molecule has 0 radical (unpaired) electrons. The van der Waals surface area contributed by atoms with E-state index < -0.39 is 10.0 Å². The number of nitrogens with one attached hydrogen (secondary N) is 1. The number of carbonyl (C=O) groups is 1. The Labute approximate surface area is 142 Å². The van der Waals surface area contributed by atoms with Gasteiger partial charge in [0.2, 0.25) is 10.0 Å². The Morgan fingerprint density at radius 2 is 1.96 bits per heavy atom. The summed E-state index contributed by atoms with van der Waals surface area (Å²) in [6.07, 6.45) is 2.99. The summed E-state index contributed by atoms with van der Waals surface area (Å²) in [4.78, 5) is 14.8. The third kappa shape index (κ3) is 3.94. The molecule has 24 heavy (non-hydrogen) atoms. The first-order chi connectivity index (χ1) is 11.4. The van der Waals surface area contributed by atoms with Gasteiger partial charge in [0.15, 0.2) is 0 Å². The van der Waals surface area contributed by atoms with Crippen molar-refractivity contribution in [3.8, 4) is 0 Å². The number of rotatable bonds is 4. The maximum atomic E-state index is 12.9. The zero-order valence-corrected chi connectivity index (χ0v) is 14.6. The molecule has 0 aromatic heterocycles. The molecule has 128 valence electrons. The Morgan fingerprint density at radius 3 is 2.75 bits per heavy atom. The van der Waals surface area contributed by atoms with Gasteiger partial charge in [0.25, 0.3) is 5.91 Å². The minimum atomic E-state index is -3.20. The molecule has 6 heteroatoms. The van der Waals surface area contributed by atoms with E-state index in [0.29, 0.717) is 18.7 Å². The van der Waals surface area contributed by atoms with Crippen molar-refractivity contribution in [2.24, 2.45) is 5.92 Å². The molecule has 0 aliphatic carbocycles. The minimum absolute atomic E-state index is 0.0239. The fourth-order valence-electron chi connectivity index (χ4n) is 3.27. The molecule has 1 aliphatic heterocycles. The maximum Gasteiger partial charge on any atom is 0.254 e. The zero-order valence-electron chi connectivity index (χ0n) is 13.7. The lowest BCUT2D eigenvalue weighted by atomic mass is 9.96. The van der Waals surface area contributed by atoms with E-state index in [0.717, 1.165) is 36.4 Å². The van der Waals surface area contributed by atoms with Crippen LogP contribution in [0.5, 0.6) is 0 Å². The molecule has 1 N–H and O–H groups in total. The van der Waals surface area contributed by atoms with Crippen molar-refractivity contribution < 1.29 is 13.2 Å². The molecular formula is C18H22N2O3S. The van der Waals surface area contributed by atoms with Gasteiger partial charge in [-0.15, -0.1) is 0 Å². The third-order valence-electron chi connectivity index (χ3n) is 4.46. The van der Waals surface area contributed by atoms with Gasteiger partial charge in [-0.25, -0.2) is 13.1 Å². The Bertz CT molecular complexity index is 843. The standard InChI is InChI=1S/C18H22N2O3S/c1-24(22,23)19-12-14-6-5-11-20(13-14)18(21)17-10-4-8-15-7-2-3-9-16(15)17/h2-4,7-10,14,19H,5-6,11-13H2,1H3. The number of benzene rings is 2. The SMILES string of the molecule is CS(=O)(=O)NCC1CCCN(C(=O)c2cccc3ccccc23)C1. The molecule has 0 spiro atoms. The molecule has 0 saturated carbocycles. The Balaban J connectivity index is 1.76. The Kier molecular flexibility index (Phi) is 4.87. The van der Waals surface area contributed by atoms with E-state index in [4.69, 9.17) is 0 Å². The van der Waals surface area contributed by atoms with Crippen molar-refractivity contribution in [3.05, 3.63) is 48.0 Å². The number of carbonyl (C=O) groups excluding carboxylic acids is 1. The summed E-state index contributed by atoms with van der Waals surface area (Å²) in [5.41, 5.74) is 0.713. The molecule has 1 heterocycles. The number of hydrogen-bond acceptors (Lipinski definition) is 3. The first-order valence-electron chi connectivity index (χ1n) is 8.16. The van der Waals surface area contributed by atoms with E-state index in [-0.39, 0.29) is 11.8 Å². The van der Waals surface area contributed by atoms with Crippen molar-refractivity contribution in [2.45, 2.75) is 12.8 Å². The molecular weight excluding hydrogens is 324 g/mol. The second-order valence-electron chi connectivity index (χ2n) is 6.41. The highest BCUT2D eigenvalue weighted by Gasteiger charge is 2.25. The highest BCUT2D eigenvalue weighted by Crippen LogP contribution is 2.23. The lowest BCUT2D eigenvalue weighted by Gasteiger charge is -2.33. The summed E-state index contributed by atoms with van der Waals surface area (Å²) >= 11 is 0. The van der Waals surface area contributed by atoms with Crippen LogP contribution in [0.2, 0.25) is 0 Å². The van der Waals surface area contributed by atoms with Gasteiger partial charge in [0.1, 0.15) is 0 Å². The first-order valence-corrected chi connectivity index (χ1v) is 10.0. The van der Waals surface area contributed by atoms with Gasteiger partial charge in [-0.3, -0.25) is 4.79 Å². The highest BCUT2D eigenvalue weighted by atomic mass is 32.2. The average molecular weight is 346 g/mol. The second-order valence-corrected chi connectivity index (χ2v) is 8.24. The summed E-state index contributed by atoms with van der Waals surface area (Å²) in [5.74, 6) is 0.184. The van der Waals surface area contributed by atoms with Crippen LogP contribution in [0.3, 0.4) is 0 Å². The van der Waals surface area contributed by atoms with E-state index in [9.17, 15) is 13.2 Å². The summed E-state index contributed by atoms with van der Waals surface area (Å²) < 4.78 is 25.1. The number of fused-ring (bicyclic) bond motifs is 1. The van der Waals surface area contributed by atoms with Crippen molar-refractivity contribution in [3.63, 3.8) is 0 Å². The summed E-state index contributed by atoms with van der Waals surface area (Å²) in [6, 6.07) is 13.6. The van der Waals surface area contributed by atoms with Crippen LogP contribution in [0.25, 0.3) is 10.8 Å². The highest BCUT2D eigenvalue weighted by molar-refractivity contribution is 7.88. The van der Waals surface area contributed by atoms with E-state index in [1.807, 2.05) is 47.4 Å². The van der Waals surface area contributed by atoms with Gasteiger partial charge in [-0.05, 0) is 35.6 Å². The molecule has 3 rings (SSSR count). The van der Waals surface area contributed by atoms with Gasteiger partial charge in [-0.2, -0.15) is 0 Å². The van der Waals surface area contributed by atoms with Crippen LogP contribution in [-0.2, 0) is 10.0 Å². The molecule has 1 fully saturated rings. The van der Waals surface area contributed by atoms with Crippen LogP contribution in [0.4, 0.5) is 0 Å². The Hall–Kier alpha value is -1.92. The monoisotopic (exact) mass is 346 g/mol. The van der Waals surface area contributed by atoms with Crippen molar-refractivity contribution in [1.29, 1.82) is 0 Å². The zero-order chi connectivity index (χ0) is 17.2. The summed E-state index contributed by atoms with van der Waals surface area (Å²) in [5, 5.41) is 2.01. The largest absolute Gasteiger partial charge is 0.338 e. The normalized spacial score (nSPS) is 18.7. The van der Waals surface area contributed by atoms with E-state index in [2.05, 4.69) is 4.72 Å². The second kappa shape index (κ2) is 6.91. The van der Waals surface area contributed by atoms with Crippen LogP contribution in [-0.4, -0.2) is 45.1 Å². The van der Waals surface area contributed by atoms with Crippen molar-refractivity contribution in [2.75, 3.05) is 25.9 Å². The topological polar surface area (TPSA) is 66.5 Å². The molecule has 1 unspecified atom stereocenters. The molecule has 5 nitrogen and oxygen atoms in total. The number of likely N-dealkylation sites (tertiary alicyclic amines) is 1. The van der Waals surface area contributed by atoms with Crippen LogP contribution in [0.1, 0.15) is 23.2 Å². The van der Waals surface area contributed by atoms with Gasteiger partial charge in [0.05, 0.1) is 6.26 Å².